The zero-order valence-corrected chi connectivity index (χ0v) is 14.4. The van der Waals surface area contributed by atoms with Gasteiger partial charge in [-0.25, -0.2) is 0 Å². The summed E-state index contributed by atoms with van der Waals surface area (Å²) in [5.74, 6) is 1.61. The summed E-state index contributed by atoms with van der Waals surface area (Å²) in [6, 6.07) is 14.5. The fourth-order valence-electron chi connectivity index (χ4n) is 2.42. The molecule has 0 radical (unpaired) electrons. The molecule has 0 atom stereocenters. The van der Waals surface area contributed by atoms with E-state index in [0.717, 1.165) is 31.0 Å². The summed E-state index contributed by atoms with van der Waals surface area (Å²) in [5.41, 5.74) is 3.62. The van der Waals surface area contributed by atoms with E-state index in [1.54, 1.807) is 0 Å². The fourth-order valence-corrected chi connectivity index (χ4v) is 2.42. The first-order chi connectivity index (χ1) is 11.2. The molecular weight excluding hydrogens is 286 g/mol. The summed E-state index contributed by atoms with van der Waals surface area (Å²) in [4.78, 5) is 0. The molecule has 3 nitrogen and oxygen atoms in total. The molecule has 0 bridgehead atoms. The quantitative estimate of drug-likeness (QED) is 0.693. The summed E-state index contributed by atoms with van der Waals surface area (Å²) < 4.78 is 11.7. The zero-order valence-electron chi connectivity index (χ0n) is 14.4. The van der Waals surface area contributed by atoms with Crippen molar-refractivity contribution in [3.05, 3.63) is 59.2 Å². The molecule has 0 aliphatic heterocycles. The van der Waals surface area contributed by atoms with Gasteiger partial charge in [-0.2, -0.15) is 0 Å². The van der Waals surface area contributed by atoms with Crippen molar-refractivity contribution in [3.8, 4) is 11.5 Å². The maximum atomic E-state index is 5.97. The number of nitrogens with one attached hydrogen (secondary N) is 1. The molecule has 2 aromatic rings. The molecule has 0 heterocycles. The summed E-state index contributed by atoms with van der Waals surface area (Å²) in [5, 5.41) is 3.41. The van der Waals surface area contributed by atoms with E-state index in [9.17, 15) is 0 Å². The molecule has 0 amide bonds. The number of rotatable bonds is 9. The van der Waals surface area contributed by atoms with Crippen LogP contribution in [0.15, 0.2) is 42.5 Å². The van der Waals surface area contributed by atoms with Crippen LogP contribution in [0.4, 0.5) is 0 Å². The van der Waals surface area contributed by atoms with Crippen LogP contribution in [0.2, 0.25) is 0 Å². The molecule has 2 aromatic carbocycles. The number of hydrogen-bond acceptors (Lipinski definition) is 3. The van der Waals surface area contributed by atoms with E-state index < -0.39 is 0 Å². The van der Waals surface area contributed by atoms with Gasteiger partial charge >= 0.3 is 0 Å². The van der Waals surface area contributed by atoms with Crippen LogP contribution in [0, 0.1) is 6.92 Å². The molecule has 0 fully saturated rings. The minimum absolute atomic E-state index is 0.551. The van der Waals surface area contributed by atoms with Gasteiger partial charge in [0.15, 0.2) is 11.5 Å². The average molecular weight is 313 g/mol. The van der Waals surface area contributed by atoms with E-state index in [2.05, 4.69) is 55.6 Å². The van der Waals surface area contributed by atoms with Gasteiger partial charge in [0.2, 0.25) is 0 Å². The maximum absolute atomic E-state index is 5.97. The minimum atomic E-state index is 0.551. The lowest BCUT2D eigenvalue weighted by Crippen LogP contribution is -2.13. The first kappa shape index (κ1) is 17.4. The number of benzene rings is 2. The monoisotopic (exact) mass is 313 g/mol. The van der Waals surface area contributed by atoms with Crippen molar-refractivity contribution in [2.45, 2.75) is 40.3 Å². The molecule has 0 aliphatic rings. The molecular formula is C20H27NO2. The van der Waals surface area contributed by atoms with Gasteiger partial charge in [0.05, 0.1) is 6.61 Å². The molecule has 3 heteroatoms. The van der Waals surface area contributed by atoms with E-state index in [-0.39, 0.29) is 0 Å². The van der Waals surface area contributed by atoms with Crippen molar-refractivity contribution in [2.75, 3.05) is 13.2 Å². The van der Waals surface area contributed by atoms with Gasteiger partial charge < -0.3 is 14.8 Å². The Morgan fingerprint density at radius 1 is 0.913 bits per heavy atom. The average Bonchev–Trinajstić information content (AvgIpc) is 2.55. The summed E-state index contributed by atoms with van der Waals surface area (Å²) in [6.45, 7) is 9.31. The van der Waals surface area contributed by atoms with Crippen LogP contribution in [0.1, 0.15) is 37.0 Å². The van der Waals surface area contributed by atoms with Crippen LogP contribution in [0.3, 0.4) is 0 Å². The van der Waals surface area contributed by atoms with Gasteiger partial charge in [-0.1, -0.05) is 42.8 Å². The van der Waals surface area contributed by atoms with Crippen molar-refractivity contribution in [3.63, 3.8) is 0 Å². The Kier molecular flexibility index (Phi) is 6.95. The number of hydrogen-bond donors (Lipinski definition) is 1. The first-order valence-corrected chi connectivity index (χ1v) is 8.37. The van der Waals surface area contributed by atoms with Crippen LogP contribution in [-0.4, -0.2) is 13.2 Å². The molecule has 0 saturated carbocycles. The highest BCUT2D eigenvalue weighted by molar-refractivity contribution is 5.43. The summed E-state index contributed by atoms with van der Waals surface area (Å²) in [7, 11) is 0. The molecule has 2 rings (SSSR count). The molecule has 0 aliphatic carbocycles. The van der Waals surface area contributed by atoms with E-state index in [0.29, 0.717) is 13.2 Å². The smallest absolute Gasteiger partial charge is 0.161 e. The fraction of sp³-hybridized carbons (Fsp3) is 0.400. The second-order valence-electron chi connectivity index (χ2n) is 5.67. The maximum Gasteiger partial charge on any atom is 0.161 e. The van der Waals surface area contributed by atoms with E-state index in [1.165, 1.54) is 16.7 Å². The number of ether oxygens (including phenoxy) is 2. The second-order valence-corrected chi connectivity index (χ2v) is 5.67. The summed E-state index contributed by atoms with van der Waals surface area (Å²) in [6.07, 6.45) is 1.13. The molecule has 0 aromatic heterocycles. The SMILES string of the molecule is CCCNCc1ccc(OCc2cccc(C)c2)c(OCC)c1. The highest BCUT2D eigenvalue weighted by Gasteiger charge is 2.07. The lowest BCUT2D eigenvalue weighted by Gasteiger charge is -2.14. The van der Waals surface area contributed by atoms with E-state index >= 15 is 0 Å². The normalized spacial score (nSPS) is 10.6. The largest absolute Gasteiger partial charge is 0.490 e. The lowest BCUT2D eigenvalue weighted by atomic mass is 10.1. The second kappa shape index (κ2) is 9.21. The van der Waals surface area contributed by atoms with Crippen molar-refractivity contribution >= 4 is 0 Å². The van der Waals surface area contributed by atoms with Gasteiger partial charge in [-0.3, -0.25) is 0 Å². The topological polar surface area (TPSA) is 30.5 Å². The Bertz CT molecular complexity index is 610. The third-order valence-electron chi connectivity index (χ3n) is 3.54. The third-order valence-corrected chi connectivity index (χ3v) is 3.54. The molecule has 0 spiro atoms. The van der Waals surface area contributed by atoms with Gasteiger partial charge in [0.1, 0.15) is 6.61 Å². The predicted molar refractivity (Wildman–Crippen MR) is 95.1 cm³/mol. The minimum Gasteiger partial charge on any atom is -0.490 e. The van der Waals surface area contributed by atoms with Crippen LogP contribution in [-0.2, 0) is 13.2 Å². The Hall–Kier alpha value is -2.00. The zero-order chi connectivity index (χ0) is 16.5. The van der Waals surface area contributed by atoms with Crippen LogP contribution in [0.25, 0.3) is 0 Å². The third kappa shape index (κ3) is 5.61. The molecule has 0 unspecified atom stereocenters. The first-order valence-electron chi connectivity index (χ1n) is 8.37. The van der Waals surface area contributed by atoms with Crippen molar-refractivity contribution in [2.24, 2.45) is 0 Å². The molecule has 1 N–H and O–H groups in total. The van der Waals surface area contributed by atoms with Crippen molar-refractivity contribution in [1.29, 1.82) is 0 Å². The van der Waals surface area contributed by atoms with Crippen LogP contribution < -0.4 is 14.8 Å². The highest BCUT2D eigenvalue weighted by atomic mass is 16.5. The van der Waals surface area contributed by atoms with Crippen molar-refractivity contribution < 1.29 is 9.47 Å². The molecule has 23 heavy (non-hydrogen) atoms. The van der Waals surface area contributed by atoms with Crippen LogP contribution in [0.5, 0.6) is 11.5 Å². The molecule has 124 valence electrons. The van der Waals surface area contributed by atoms with Gasteiger partial charge in [0, 0.05) is 6.54 Å². The Morgan fingerprint density at radius 2 is 1.78 bits per heavy atom. The standard InChI is InChI=1S/C20H27NO2/c1-4-11-21-14-17-9-10-19(20(13-17)22-5-2)23-15-18-8-6-7-16(3)12-18/h6-10,12-13,21H,4-5,11,14-15H2,1-3H3. The highest BCUT2D eigenvalue weighted by Crippen LogP contribution is 2.29. The lowest BCUT2D eigenvalue weighted by molar-refractivity contribution is 0.269. The summed E-state index contributed by atoms with van der Waals surface area (Å²) >= 11 is 0. The van der Waals surface area contributed by atoms with Crippen LogP contribution >= 0.6 is 0 Å². The van der Waals surface area contributed by atoms with E-state index in [4.69, 9.17) is 9.47 Å². The Balaban J connectivity index is 2.04. The van der Waals surface area contributed by atoms with Gasteiger partial charge in [0.25, 0.3) is 0 Å². The predicted octanol–water partition coefficient (Wildman–Crippen LogP) is 4.47. The van der Waals surface area contributed by atoms with Gasteiger partial charge in [-0.05, 0) is 50.1 Å². The van der Waals surface area contributed by atoms with E-state index in [1.807, 2.05) is 13.0 Å². The van der Waals surface area contributed by atoms with Crippen molar-refractivity contribution in [1.82, 2.24) is 5.32 Å². The number of aryl methyl sites for hydroxylation is 1. The Morgan fingerprint density at radius 3 is 2.52 bits per heavy atom. The van der Waals surface area contributed by atoms with Gasteiger partial charge in [-0.15, -0.1) is 0 Å². The Labute approximate surface area is 139 Å². The molecule has 0 saturated heterocycles.